The molecule has 0 aromatic rings. The molecule has 0 aromatic heterocycles. The lowest BCUT2D eigenvalue weighted by molar-refractivity contribution is 0.0316. The summed E-state index contributed by atoms with van der Waals surface area (Å²) in [7, 11) is 0. The zero-order valence-electron chi connectivity index (χ0n) is 13.7. The molecule has 3 nitrogen and oxygen atoms in total. The van der Waals surface area contributed by atoms with Crippen LogP contribution in [-0.2, 0) is 4.74 Å². The minimum Gasteiger partial charge on any atom is -0.379 e. The fourth-order valence-electron chi connectivity index (χ4n) is 5.02. The predicted molar refractivity (Wildman–Crippen MR) is 82.9 cm³/mol. The number of nitrogens with one attached hydrogen (secondary N) is 1. The van der Waals surface area contributed by atoms with E-state index in [1.807, 2.05) is 0 Å². The molecule has 1 heterocycles. The number of hydrogen-bond donors (Lipinski definition) is 1. The Balaban J connectivity index is 1.56. The maximum atomic E-state index is 5.44. The number of ether oxygens (including phenoxy) is 1. The SMILES string of the molecule is CC(CN1CCOCC1)NC1CC2CCC1(C)C2(C)C. The van der Waals surface area contributed by atoms with Crippen molar-refractivity contribution in [1.29, 1.82) is 0 Å². The molecule has 3 rings (SSSR count). The molecule has 116 valence electrons. The van der Waals surface area contributed by atoms with Crippen LogP contribution in [0.5, 0.6) is 0 Å². The minimum atomic E-state index is 0.497. The highest BCUT2D eigenvalue weighted by Gasteiger charge is 2.61. The molecule has 1 N–H and O–H groups in total. The average molecular weight is 280 g/mol. The Morgan fingerprint density at radius 3 is 2.50 bits per heavy atom. The predicted octanol–water partition coefficient (Wildman–Crippen LogP) is 2.51. The van der Waals surface area contributed by atoms with E-state index in [1.165, 1.54) is 25.8 Å². The van der Waals surface area contributed by atoms with Crippen LogP contribution in [-0.4, -0.2) is 49.8 Å². The van der Waals surface area contributed by atoms with Crippen molar-refractivity contribution in [2.24, 2.45) is 16.7 Å². The van der Waals surface area contributed by atoms with Gasteiger partial charge in [-0.15, -0.1) is 0 Å². The summed E-state index contributed by atoms with van der Waals surface area (Å²) in [6.07, 6.45) is 4.24. The van der Waals surface area contributed by atoms with Gasteiger partial charge in [-0.3, -0.25) is 4.90 Å². The van der Waals surface area contributed by atoms with E-state index in [9.17, 15) is 0 Å². The second-order valence-corrected chi connectivity index (χ2v) is 8.14. The van der Waals surface area contributed by atoms with Gasteiger partial charge in [-0.1, -0.05) is 20.8 Å². The highest BCUT2D eigenvalue weighted by molar-refractivity contribution is 5.13. The molecule has 0 radical (unpaired) electrons. The molecule has 2 bridgehead atoms. The van der Waals surface area contributed by atoms with E-state index in [2.05, 4.69) is 37.9 Å². The largest absolute Gasteiger partial charge is 0.379 e. The molecular formula is C17H32N2O. The van der Waals surface area contributed by atoms with Crippen molar-refractivity contribution >= 4 is 0 Å². The minimum absolute atomic E-state index is 0.497. The standard InChI is InChI=1S/C17H32N2O/c1-13(12-19-7-9-20-10-8-19)18-15-11-14-5-6-17(15,4)16(14,2)3/h13-15,18H,5-12H2,1-4H3. The number of hydrogen-bond acceptors (Lipinski definition) is 3. The van der Waals surface area contributed by atoms with Gasteiger partial charge in [0.15, 0.2) is 0 Å². The third kappa shape index (κ3) is 2.32. The van der Waals surface area contributed by atoms with Gasteiger partial charge >= 0.3 is 0 Å². The van der Waals surface area contributed by atoms with Crippen LogP contribution in [0.15, 0.2) is 0 Å². The molecule has 1 aliphatic heterocycles. The molecule has 3 heteroatoms. The fraction of sp³-hybridized carbons (Fsp3) is 1.00. The zero-order chi connectivity index (χ0) is 14.4. The first kappa shape index (κ1) is 14.8. The molecule has 2 saturated carbocycles. The Kier molecular flexibility index (Phi) is 3.89. The third-order valence-corrected chi connectivity index (χ3v) is 6.92. The third-order valence-electron chi connectivity index (χ3n) is 6.92. The second kappa shape index (κ2) is 5.26. The van der Waals surface area contributed by atoms with E-state index >= 15 is 0 Å². The Bertz CT molecular complexity index is 351. The average Bonchev–Trinajstić information content (AvgIpc) is 2.73. The van der Waals surface area contributed by atoms with Gasteiger partial charge in [0.05, 0.1) is 13.2 Å². The van der Waals surface area contributed by atoms with E-state index in [0.29, 0.717) is 22.9 Å². The van der Waals surface area contributed by atoms with Crippen LogP contribution < -0.4 is 5.32 Å². The van der Waals surface area contributed by atoms with Gasteiger partial charge in [0.1, 0.15) is 0 Å². The summed E-state index contributed by atoms with van der Waals surface area (Å²) in [5.74, 6) is 0.931. The lowest BCUT2D eigenvalue weighted by atomic mass is 9.69. The molecule has 4 unspecified atom stereocenters. The molecule has 20 heavy (non-hydrogen) atoms. The van der Waals surface area contributed by atoms with Crippen LogP contribution in [0, 0.1) is 16.7 Å². The molecule has 4 atom stereocenters. The first-order valence-corrected chi connectivity index (χ1v) is 8.49. The van der Waals surface area contributed by atoms with Gasteiger partial charge in [-0.05, 0) is 42.9 Å². The van der Waals surface area contributed by atoms with Gasteiger partial charge in [-0.25, -0.2) is 0 Å². The maximum Gasteiger partial charge on any atom is 0.0594 e. The van der Waals surface area contributed by atoms with Crippen molar-refractivity contribution in [3.05, 3.63) is 0 Å². The molecular weight excluding hydrogens is 248 g/mol. The lowest BCUT2D eigenvalue weighted by Gasteiger charge is -2.41. The quantitative estimate of drug-likeness (QED) is 0.856. The zero-order valence-corrected chi connectivity index (χ0v) is 13.7. The van der Waals surface area contributed by atoms with E-state index in [0.717, 1.165) is 32.2 Å². The number of rotatable bonds is 4. The molecule has 0 amide bonds. The van der Waals surface area contributed by atoms with Gasteiger partial charge in [0.2, 0.25) is 0 Å². The van der Waals surface area contributed by atoms with Gasteiger partial charge in [0.25, 0.3) is 0 Å². The van der Waals surface area contributed by atoms with E-state index in [-0.39, 0.29) is 0 Å². The molecule has 0 aromatic carbocycles. The summed E-state index contributed by atoms with van der Waals surface area (Å²) >= 11 is 0. The van der Waals surface area contributed by atoms with E-state index < -0.39 is 0 Å². The Hall–Kier alpha value is -0.120. The summed E-state index contributed by atoms with van der Waals surface area (Å²) < 4.78 is 5.44. The van der Waals surface area contributed by atoms with Gasteiger partial charge < -0.3 is 10.1 Å². The topological polar surface area (TPSA) is 24.5 Å². The smallest absolute Gasteiger partial charge is 0.0594 e. The molecule has 3 fully saturated rings. The van der Waals surface area contributed by atoms with Crippen molar-refractivity contribution < 1.29 is 4.74 Å². The van der Waals surface area contributed by atoms with Crippen LogP contribution in [0.2, 0.25) is 0 Å². The van der Waals surface area contributed by atoms with Crippen LogP contribution in [0.4, 0.5) is 0 Å². The van der Waals surface area contributed by atoms with E-state index in [1.54, 1.807) is 0 Å². The van der Waals surface area contributed by atoms with Crippen LogP contribution in [0.3, 0.4) is 0 Å². The van der Waals surface area contributed by atoms with Crippen LogP contribution >= 0.6 is 0 Å². The number of nitrogens with zero attached hydrogens (tertiary/aromatic N) is 1. The van der Waals surface area contributed by atoms with Gasteiger partial charge in [0, 0.05) is 31.7 Å². The summed E-state index contributed by atoms with van der Waals surface area (Å²) in [5, 5.41) is 3.97. The number of morpholine rings is 1. The Morgan fingerprint density at radius 1 is 1.25 bits per heavy atom. The highest BCUT2D eigenvalue weighted by Crippen LogP contribution is 2.65. The summed E-state index contributed by atoms with van der Waals surface area (Å²) in [6, 6.07) is 1.30. The Labute approximate surface area is 124 Å². The van der Waals surface area contributed by atoms with Gasteiger partial charge in [-0.2, -0.15) is 0 Å². The maximum absolute atomic E-state index is 5.44. The first-order valence-electron chi connectivity index (χ1n) is 8.49. The van der Waals surface area contributed by atoms with Crippen molar-refractivity contribution in [2.75, 3.05) is 32.8 Å². The summed E-state index contributed by atoms with van der Waals surface area (Å²) in [4.78, 5) is 2.54. The molecule has 2 aliphatic carbocycles. The van der Waals surface area contributed by atoms with Crippen molar-refractivity contribution in [3.8, 4) is 0 Å². The normalized spacial score (nSPS) is 42.0. The second-order valence-electron chi connectivity index (χ2n) is 8.14. The molecule has 3 aliphatic rings. The van der Waals surface area contributed by atoms with Crippen LogP contribution in [0.25, 0.3) is 0 Å². The fourth-order valence-corrected chi connectivity index (χ4v) is 5.02. The first-order chi connectivity index (χ1) is 9.43. The van der Waals surface area contributed by atoms with Crippen molar-refractivity contribution in [3.63, 3.8) is 0 Å². The molecule has 1 saturated heterocycles. The van der Waals surface area contributed by atoms with Crippen molar-refractivity contribution in [1.82, 2.24) is 10.2 Å². The van der Waals surface area contributed by atoms with E-state index in [4.69, 9.17) is 4.74 Å². The highest BCUT2D eigenvalue weighted by atomic mass is 16.5. The van der Waals surface area contributed by atoms with Crippen LogP contribution in [0.1, 0.15) is 47.0 Å². The molecule has 0 spiro atoms. The van der Waals surface area contributed by atoms with Crippen molar-refractivity contribution in [2.45, 2.75) is 59.0 Å². The Morgan fingerprint density at radius 2 is 1.95 bits per heavy atom. The summed E-state index contributed by atoms with van der Waals surface area (Å²) in [5.41, 5.74) is 1.01. The monoisotopic (exact) mass is 280 g/mol. The number of fused-ring (bicyclic) bond motifs is 2. The lowest BCUT2D eigenvalue weighted by Crippen LogP contribution is -2.52. The summed E-state index contributed by atoms with van der Waals surface area (Å²) in [6.45, 7) is 15.1.